The topological polar surface area (TPSA) is 112 Å². The van der Waals surface area contributed by atoms with Crippen molar-refractivity contribution in [2.24, 2.45) is 35.3 Å². The molecule has 222 valence electrons. The molecule has 3 rings (SSSR count). The van der Waals surface area contributed by atoms with E-state index in [-0.39, 0.29) is 29.3 Å². The monoisotopic (exact) mass is 548 g/mol. The molecule has 39 heavy (non-hydrogen) atoms. The lowest BCUT2D eigenvalue weighted by Crippen LogP contribution is -2.44. The lowest BCUT2D eigenvalue weighted by Gasteiger charge is -2.30. The summed E-state index contributed by atoms with van der Waals surface area (Å²) in [5.41, 5.74) is 7.58. The van der Waals surface area contributed by atoms with E-state index in [1.165, 1.54) is 0 Å². The highest BCUT2D eigenvalue weighted by atomic mass is 16.5. The highest BCUT2D eigenvalue weighted by Gasteiger charge is 2.58. The fraction of sp³-hybridized carbons (Fsp3) is 0.774. The Labute approximate surface area is 235 Å². The van der Waals surface area contributed by atoms with Crippen LogP contribution in [0.15, 0.2) is 18.2 Å². The molecule has 1 heterocycles. The third-order valence-electron chi connectivity index (χ3n) is 8.72. The van der Waals surface area contributed by atoms with Gasteiger partial charge in [-0.3, -0.25) is 4.79 Å². The molecule has 8 nitrogen and oxygen atoms in total. The van der Waals surface area contributed by atoms with Crippen molar-refractivity contribution < 1.29 is 28.8 Å². The molecule has 0 aromatic heterocycles. The predicted molar refractivity (Wildman–Crippen MR) is 153 cm³/mol. The average molecular weight is 549 g/mol. The van der Waals surface area contributed by atoms with Crippen molar-refractivity contribution >= 4 is 5.91 Å². The van der Waals surface area contributed by atoms with Gasteiger partial charge in [-0.25, -0.2) is 0 Å². The van der Waals surface area contributed by atoms with Crippen LogP contribution < -0.4 is 20.5 Å². The number of fused-ring (bicyclic) bond motifs is 1. The van der Waals surface area contributed by atoms with Crippen LogP contribution in [0.5, 0.6) is 11.5 Å². The second-order valence-corrected chi connectivity index (χ2v) is 12.3. The van der Waals surface area contributed by atoms with Gasteiger partial charge in [0.15, 0.2) is 11.5 Å². The highest BCUT2D eigenvalue weighted by Crippen LogP contribution is 2.53. The van der Waals surface area contributed by atoms with Crippen LogP contribution in [0.25, 0.3) is 0 Å². The number of aliphatic hydroxyl groups excluding tert-OH is 1. The fourth-order valence-electron chi connectivity index (χ4n) is 5.80. The molecule has 1 amide bonds. The van der Waals surface area contributed by atoms with Crippen molar-refractivity contribution in [1.82, 2.24) is 5.32 Å². The lowest BCUT2D eigenvalue weighted by molar-refractivity contribution is -0.128. The van der Waals surface area contributed by atoms with Crippen LogP contribution in [-0.2, 0) is 20.7 Å². The Hall–Kier alpha value is -1.87. The van der Waals surface area contributed by atoms with E-state index in [4.69, 9.17) is 24.7 Å². The predicted octanol–water partition coefficient (Wildman–Crippen LogP) is 3.96. The highest BCUT2D eigenvalue weighted by molar-refractivity contribution is 5.79. The van der Waals surface area contributed by atoms with Crippen LogP contribution in [0.3, 0.4) is 0 Å². The summed E-state index contributed by atoms with van der Waals surface area (Å²) in [5, 5.41) is 14.2. The normalized spacial score (nSPS) is 23.3. The van der Waals surface area contributed by atoms with Gasteiger partial charge in [0.1, 0.15) is 0 Å². The Morgan fingerprint density at radius 2 is 1.92 bits per heavy atom. The molecule has 1 aliphatic heterocycles. The van der Waals surface area contributed by atoms with Gasteiger partial charge in [-0.05, 0) is 73.5 Å². The van der Waals surface area contributed by atoms with Crippen LogP contribution in [0.2, 0.25) is 0 Å². The number of amides is 1. The largest absolute Gasteiger partial charge is 0.493 e. The molecule has 1 aromatic rings. The molecule has 0 spiro atoms. The molecule has 1 aliphatic carbocycles. The van der Waals surface area contributed by atoms with Crippen molar-refractivity contribution in [3.8, 4) is 11.5 Å². The van der Waals surface area contributed by atoms with Crippen molar-refractivity contribution in [3.05, 3.63) is 23.8 Å². The van der Waals surface area contributed by atoms with E-state index < -0.39 is 12.1 Å². The number of ether oxygens (including phenoxy) is 4. The first kappa shape index (κ1) is 31.7. The van der Waals surface area contributed by atoms with E-state index in [9.17, 15) is 9.90 Å². The van der Waals surface area contributed by atoms with Gasteiger partial charge in [-0.15, -0.1) is 0 Å². The zero-order valence-electron chi connectivity index (χ0n) is 24.9. The van der Waals surface area contributed by atoms with Crippen molar-refractivity contribution in [2.75, 3.05) is 40.6 Å². The van der Waals surface area contributed by atoms with Crippen molar-refractivity contribution in [2.45, 2.75) is 84.0 Å². The number of carbonyl (C=O) groups is 1. The number of aliphatic hydroxyl groups is 1. The molecule has 0 radical (unpaired) electrons. The maximum atomic E-state index is 13.1. The van der Waals surface area contributed by atoms with Gasteiger partial charge in [0, 0.05) is 45.2 Å². The maximum Gasteiger partial charge on any atom is 0.223 e. The molecule has 0 bridgehead atoms. The third kappa shape index (κ3) is 8.81. The SMILES string of the molecule is COCCCOc1cc(CC(CC(N)C(O)CC(C(=O)NCC23CC2CCO3)C(C)C)C(C)C)ccc1OC. The molecule has 2 aliphatic rings. The number of nitrogens with two attached hydrogens (primary N) is 1. The number of benzene rings is 1. The Kier molecular flexibility index (Phi) is 11.9. The number of carbonyl (C=O) groups excluding carboxylic acids is 1. The first-order chi connectivity index (χ1) is 18.6. The minimum absolute atomic E-state index is 0.0107. The Morgan fingerprint density at radius 3 is 2.51 bits per heavy atom. The van der Waals surface area contributed by atoms with Crippen LogP contribution in [0, 0.1) is 29.6 Å². The smallest absolute Gasteiger partial charge is 0.223 e. The minimum atomic E-state index is -0.755. The molecular formula is C31H52N2O6. The molecule has 6 atom stereocenters. The van der Waals surface area contributed by atoms with E-state index in [1.54, 1.807) is 14.2 Å². The Balaban J connectivity index is 1.56. The van der Waals surface area contributed by atoms with Gasteiger partial charge in [0.25, 0.3) is 0 Å². The second kappa shape index (κ2) is 14.7. The summed E-state index contributed by atoms with van der Waals surface area (Å²) >= 11 is 0. The second-order valence-electron chi connectivity index (χ2n) is 12.3. The maximum absolute atomic E-state index is 13.1. The van der Waals surface area contributed by atoms with Gasteiger partial charge in [0.05, 0.1) is 25.4 Å². The molecule has 6 unspecified atom stereocenters. The molecule has 1 saturated carbocycles. The van der Waals surface area contributed by atoms with Crippen LogP contribution >= 0.6 is 0 Å². The quantitative estimate of drug-likeness (QED) is 0.238. The van der Waals surface area contributed by atoms with E-state index >= 15 is 0 Å². The Morgan fingerprint density at radius 1 is 1.15 bits per heavy atom. The van der Waals surface area contributed by atoms with Gasteiger partial charge >= 0.3 is 0 Å². The first-order valence-corrected chi connectivity index (χ1v) is 14.7. The average Bonchev–Trinajstić information content (AvgIpc) is 3.45. The summed E-state index contributed by atoms with van der Waals surface area (Å²) in [7, 11) is 3.32. The van der Waals surface area contributed by atoms with Gasteiger partial charge < -0.3 is 35.1 Å². The molecule has 2 fully saturated rings. The summed E-state index contributed by atoms with van der Waals surface area (Å²) in [4.78, 5) is 13.1. The van der Waals surface area contributed by atoms with Gasteiger partial charge in [0.2, 0.25) is 5.91 Å². The van der Waals surface area contributed by atoms with Crippen LogP contribution in [-0.4, -0.2) is 69.3 Å². The number of methoxy groups -OCH3 is 2. The zero-order valence-corrected chi connectivity index (χ0v) is 24.9. The summed E-state index contributed by atoms with van der Waals surface area (Å²) < 4.78 is 22.5. The number of hydrogen-bond donors (Lipinski definition) is 3. The summed E-state index contributed by atoms with van der Waals surface area (Å²) in [6, 6.07) is 5.63. The fourth-order valence-corrected chi connectivity index (χ4v) is 5.80. The van der Waals surface area contributed by atoms with E-state index in [2.05, 4.69) is 25.2 Å². The van der Waals surface area contributed by atoms with E-state index in [0.717, 1.165) is 43.6 Å². The molecule has 8 heteroatoms. The zero-order chi connectivity index (χ0) is 28.6. The summed E-state index contributed by atoms with van der Waals surface area (Å²) in [6.45, 7) is 11.0. The molecule has 4 N–H and O–H groups in total. The van der Waals surface area contributed by atoms with Crippen molar-refractivity contribution in [1.29, 1.82) is 0 Å². The summed E-state index contributed by atoms with van der Waals surface area (Å²) in [6.07, 6.45) is 4.01. The van der Waals surface area contributed by atoms with E-state index in [0.29, 0.717) is 50.2 Å². The molecule has 1 saturated heterocycles. The minimum Gasteiger partial charge on any atom is -0.493 e. The first-order valence-electron chi connectivity index (χ1n) is 14.7. The van der Waals surface area contributed by atoms with Crippen LogP contribution in [0.4, 0.5) is 0 Å². The lowest BCUT2D eigenvalue weighted by atomic mass is 9.81. The third-order valence-corrected chi connectivity index (χ3v) is 8.72. The van der Waals surface area contributed by atoms with Gasteiger partial charge in [-0.1, -0.05) is 33.8 Å². The van der Waals surface area contributed by atoms with Gasteiger partial charge in [-0.2, -0.15) is 0 Å². The Bertz CT molecular complexity index is 909. The van der Waals surface area contributed by atoms with E-state index in [1.807, 2.05) is 26.0 Å². The number of nitrogens with one attached hydrogen (secondary N) is 1. The molecule has 1 aromatic carbocycles. The number of hydrogen-bond acceptors (Lipinski definition) is 7. The number of rotatable bonds is 18. The standard InChI is InChI=1S/C31H52N2O6/c1-20(2)23(14-22-8-9-28(37-6)29(15-22)38-12-7-11-36-5)16-26(32)27(34)17-25(21(3)4)30(35)33-19-31-18-24(31)10-13-39-31/h8-9,15,20-21,23-27,34H,7,10-14,16-19,32H2,1-6H3,(H,33,35). The molecular weight excluding hydrogens is 496 g/mol. The van der Waals surface area contributed by atoms with Crippen molar-refractivity contribution in [3.63, 3.8) is 0 Å². The van der Waals surface area contributed by atoms with Crippen LogP contribution in [0.1, 0.15) is 65.4 Å². The summed E-state index contributed by atoms with van der Waals surface area (Å²) in [5.74, 6) is 2.46.